The van der Waals surface area contributed by atoms with Gasteiger partial charge in [-0.25, -0.2) is 9.78 Å². The number of aryl methyl sites for hydroxylation is 1. The Morgan fingerprint density at radius 2 is 2.00 bits per heavy atom. The number of rotatable bonds is 8. The number of para-hydroxylation sites is 2. The Labute approximate surface area is 191 Å². The van der Waals surface area contributed by atoms with Gasteiger partial charge >= 0.3 is 5.97 Å². The summed E-state index contributed by atoms with van der Waals surface area (Å²) in [6, 6.07) is 10.8. The van der Waals surface area contributed by atoms with Gasteiger partial charge in [-0.15, -0.1) is 11.3 Å². The molecule has 9 nitrogen and oxygen atoms in total. The van der Waals surface area contributed by atoms with Crippen LogP contribution in [0.1, 0.15) is 23.0 Å². The Morgan fingerprint density at radius 1 is 1.25 bits per heavy atom. The van der Waals surface area contributed by atoms with Crippen LogP contribution in [0.25, 0.3) is 0 Å². The fourth-order valence-corrected chi connectivity index (χ4v) is 4.49. The van der Waals surface area contributed by atoms with Gasteiger partial charge in [0.15, 0.2) is 10.4 Å². The van der Waals surface area contributed by atoms with Gasteiger partial charge in [0.25, 0.3) is 11.6 Å². The predicted molar refractivity (Wildman–Crippen MR) is 121 cm³/mol. The van der Waals surface area contributed by atoms with E-state index in [0.29, 0.717) is 20.7 Å². The first-order chi connectivity index (χ1) is 15.3. The summed E-state index contributed by atoms with van der Waals surface area (Å²) in [7, 11) is 1.47. The Hall–Kier alpha value is -3.44. The highest BCUT2D eigenvalue weighted by Gasteiger charge is 2.24. The number of carbonyl (C=O) groups is 2. The van der Waals surface area contributed by atoms with Crippen LogP contribution in [-0.4, -0.2) is 35.0 Å². The topological polar surface area (TPSA) is 121 Å². The number of nitro benzene ring substituents is 1. The summed E-state index contributed by atoms with van der Waals surface area (Å²) >= 11 is 2.52. The van der Waals surface area contributed by atoms with Crippen LogP contribution >= 0.6 is 23.1 Å². The fourth-order valence-electron chi connectivity index (χ4n) is 2.61. The number of hydrogen-bond acceptors (Lipinski definition) is 9. The molecule has 3 rings (SSSR count). The summed E-state index contributed by atoms with van der Waals surface area (Å²) in [6.07, 6.45) is -1.14. The zero-order valence-corrected chi connectivity index (χ0v) is 19.0. The predicted octanol–water partition coefficient (Wildman–Crippen LogP) is 4.70. The number of methoxy groups -OCH3 is 1. The molecule has 1 heterocycles. The number of aromatic nitrogens is 1. The van der Waals surface area contributed by atoms with Crippen molar-refractivity contribution in [3.05, 3.63) is 69.2 Å². The number of nitrogens with zero attached hydrogens (tertiary/aromatic N) is 2. The quantitative estimate of drug-likeness (QED) is 0.284. The number of hydrogen-bond donors (Lipinski definition) is 1. The largest absolute Gasteiger partial charge is 0.495 e. The number of benzene rings is 2. The average Bonchev–Trinajstić information content (AvgIpc) is 3.18. The van der Waals surface area contributed by atoms with Crippen LogP contribution in [0.5, 0.6) is 5.75 Å². The van der Waals surface area contributed by atoms with Gasteiger partial charge in [0, 0.05) is 17.1 Å². The number of anilines is 1. The highest BCUT2D eigenvalue weighted by atomic mass is 32.2. The lowest BCUT2D eigenvalue weighted by Crippen LogP contribution is -2.30. The fraction of sp³-hybridized carbons (Fsp3) is 0.190. The molecular weight excluding hydrogens is 454 g/mol. The first-order valence-corrected chi connectivity index (χ1v) is 11.0. The van der Waals surface area contributed by atoms with Crippen LogP contribution in [0.4, 0.5) is 11.4 Å². The first-order valence-electron chi connectivity index (χ1n) is 9.31. The molecule has 1 atom stereocenters. The van der Waals surface area contributed by atoms with Crippen molar-refractivity contribution in [2.24, 2.45) is 0 Å². The van der Waals surface area contributed by atoms with Crippen molar-refractivity contribution < 1.29 is 24.0 Å². The van der Waals surface area contributed by atoms with E-state index in [4.69, 9.17) is 9.47 Å². The van der Waals surface area contributed by atoms with E-state index in [-0.39, 0.29) is 11.3 Å². The Bertz CT molecular complexity index is 1160. The third-order valence-electron chi connectivity index (χ3n) is 4.20. The molecule has 32 heavy (non-hydrogen) atoms. The van der Waals surface area contributed by atoms with Crippen LogP contribution in [0.2, 0.25) is 0 Å². The lowest BCUT2D eigenvalue weighted by molar-refractivity contribution is -0.387. The van der Waals surface area contributed by atoms with E-state index in [1.54, 1.807) is 24.3 Å². The Balaban J connectivity index is 1.71. The summed E-state index contributed by atoms with van der Waals surface area (Å²) in [5.41, 5.74) is 0.967. The van der Waals surface area contributed by atoms with Crippen molar-refractivity contribution in [2.75, 3.05) is 12.4 Å². The molecule has 2 aromatic carbocycles. The second-order valence-electron chi connectivity index (χ2n) is 6.53. The number of carbonyl (C=O) groups excluding carboxylic acids is 2. The van der Waals surface area contributed by atoms with E-state index in [2.05, 4.69) is 10.3 Å². The van der Waals surface area contributed by atoms with E-state index in [1.807, 2.05) is 12.3 Å². The molecule has 0 saturated heterocycles. The van der Waals surface area contributed by atoms with Crippen LogP contribution in [-0.2, 0) is 9.53 Å². The van der Waals surface area contributed by atoms with E-state index in [0.717, 1.165) is 23.5 Å². The van der Waals surface area contributed by atoms with E-state index in [9.17, 15) is 19.7 Å². The molecule has 0 bridgehead atoms. The van der Waals surface area contributed by atoms with Crippen molar-refractivity contribution in [1.29, 1.82) is 0 Å². The van der Waals surface area contributed by atoms with Crippen molar-refractivity contribution >= 4 is 46.3 Å². The van der Waals surface area contributed by atoms with Gasteiger partial charge in [-0.1, -0.05) is 23.9 Å². The lowest BCUT2D eigenvalue weighted by atomic mass is 10.2. The Kier molecular flexibility index (Phi) is 7.44. The van der Waals surface area contributed by atoms with Crippen LogP contribution < -0.4 is 10.1 Å². The maximum atomic E-state index is 12.5. The molecule has 0 fully saturated rings. The molecule has 11 heteroatoms. The standard InChI is InChI=1S/C21H19N3O6S2/c1-12-11-31-21(22-12)32-18-9-8-14(10-16(18)24(27)28)20(26)30-13(2)19(25)23-15-6-4-5-7-17(15)29-3/h4-11,13H,1-3H3,(H,23,25). The van der Waals surface area contributed by atoms with Crippen molar-refractivity contribution in [2.45, 2.75) is 29.2 Å². The number of thiazole rings is 1. The van der Waals surface area contributed by atoms with Crippen molar-refractivity contribution in [3.8, 4) is 5.75 Å². The first kappa shape index (κ1) is 23.2. The minimum absolute atomic E-state index is 0.0340. The number of ether oxygens (including phenoxy) is 2. The van der Waals surface area contributed by atoms with E-state index < -0.39 is 22.9 Å². The smallest absolute Gasteiger partial charge is 0.339 e. The summed E-state index contributed by atoms with van der Waals surface area (Å²) in [6.45, 7) is 3.24. The van der Waals surface area contributed by atoms with E-state index >= 15 is 0 Å². The summed E-state index contributed by atoms with van der Waals surface area (Å²) < 4.78 is 11.0. The molecule has 1 aromatic heterocycles. The van der Waals surface area contributed by atoms with Crippen LogP contribution in [0, 0.1) is 17.0 Å². The molecule has 0 saturated carbocycles. The minimum atomic E-state index is -1.14. The number of amides is 1. The molecule has 0 aliphatic carbocycles. The Morgan fingerprint density at radius 3 is 2.66 bits per heavy atom. The summed E-state index contributed by atoms with van der Waals surface area (Å²) in [5, 5.41) is 16.0. The molecule has 0 spiro atoms. The van der Waals surface area contributed by atoms with Gasteiger partial charge in [-0.05, 0) is 38.1 Å². The second-order valence-corrected chi connectivity index (χ2v) is 8.68. The monoisotopic (exact) mass is 473 g/mol. The SMILES string of the molecule is COc1ccccc1NC(=O)C(C)OC(=O)c1ccc(Sc2nc(C)cs2)c([N+](=O)[O-])c1. The molecule has 3 aromatic rings. The second kappa shape index (κ2) is 10.2. The lowest BCUT2D eigenvalue weighted by Gasteiger charge is -2.15. The molecule has 0 radical (unpaired) electrons. The summed E-state index contributed by atoms with van der Waals surface area (Å²) in [4.78, 5) is 40.5. The highest BCUT2D eigenvalue weighted by molar-refractivity contribution is 8.01. The number of esters is 1. The van der Waals surface area contributed by atoms with Crippen LogP contribution in [0.15, 0.2) is 57.1 Å². The molecule has 0 aliphatic heterocycles. The van der Waals surface area contributed by atoms with Gasteiger partial charge in [-0.3, -0.25) is 14.9 Å². The van der Waals surface area contributed by atoms with Gasteiger partial charge in [0.05, 0.1) is 28.2 Å². The molecule has 166 valence electrons. The molecule has 1 N–H and O–H groups in total. The van der Waals surface area contributed by atoms with E-state index in [1.165, 1.54) is 37.5 Å². The highest BCUT2D eigenvalue weighted by Crippen LogP contribution is 2.37. The minimum Gasteiger partial charge on any atom is -0.495 e. The molecule has 1 unspecified atom stereocenters. The number of nitro groups is 1. The third kappa shape index (κ3) is 5.62. The number of nitrogens with one attached hydrogen (secondary N) is 1. The normalized spacial score (nSPS) is 11.5. The molecule has 0 aliphatic rings. The van der Waals surface area contributed by atoms with Gasteiger partial charge in [0.1, 0.15) is 5.75 Å². The van der Waals surface area contributed by atoms with Gasteiger partial charge in [0.2, 0.25) is 0 Å². The van der Waals surface area contributed by atoms with Crippen LogP contribution in [0.3, 0.4) is 0 Å². The molecular formula is C21H19N3O6S2. The van der Waals surface area contributed by atoms with Gasteiger partial charge in [-0.2, -0.15) is 0 Å². The average molecular weight is 474 g/mol. The zero-order chi connectivity index (χ0) is 23.3. The zero-order valence-electron chi connectivity index (χ0n) is 17.4. The van der Waals surface area contributed by atoms with Crippen molar-refractivity contribution in [3.63, 3.8) is 0 Å². The molecule has 1 amide bonds. The van der Waals surface area contributed by atoms with Crippen molar-refractivity contribution in [1.82, 2.24) is 4.98 Å². The maximum absolute atomic E-state index is 12.5. The van der Waals surface area contributed by atoms with Gasteiger partial charge < -0.3 is 14.8 Å². The summed E-state index contributed by atoms with van der Waals surface area (Å²) in [5.74, 6) is -0.959. The third-order valence-corrected chi connectivity index (χ3v) is 6.33. The maximum Gasteiger partial charge on any atom is 0.339 e.